The molecule has 1 rings (SSSR count). The van der Waals surface area contributed by atoms with E-state index in [4.69, 9.17) is 15.7 Å². The number of amides is 1. The van der Waals surface area contributed by atoms with E-state index in [9.17, 15) is 4.79 Å². The Kier molecular flexibility index (Phi) is 5.01. The lowest BCUT2D eigenvalue weighted by Gasteiger charge is -2.37. The summed E-state index contributed by atoms with van der Waals surface area (Å²) in [6, 6.07) is 2.32. The topological polar surface area (TPSA) is 76.1 Å². The highest BCUT2D eigenvalue weighted by molar-refractivity contribution is 5.65. The van der Waals surface area contributed by atoms with Crippen LogP contribution in [-0.4, -0.2) is 11.7 Å². The van der Waals surface area contributed by atoms with E-state index in [1.165, 1.54) is 19.3 Å². The Morgan fingerprint density at radius 2 is 2.00 bits per heavy atom. The molecule has 4 heteroatoms. The maximum absolute atomic E-state index is 10.8. The third kappa shape index (κ3) is 4.56. The largest absolute Gasteiger partial charge is 0.444 e. The van der Waals surface area contributed by atoms with E-state index < -0.39 is 11.7 Å². The van der Waals surface area contributed by atoms with Crippen LogP contribution in [0.5, 0.6) is 0 Å². The molecular formula is C14H24N2O2. The molecular weight excluding hydrogens is 228 g/mol. The molecule has 0 radical (unpaired) electrons. The fourth-order valence-corrected chi connectivity index (χ4v) is 2.87. The molecule has 0 spiro atoms. The molecule has 1 amide bonds. The van der Waals surface area contributed by atoms with Gasteiger partial charge < -0.3 is 10.5 Å². The molecule has 0 unspecified atom stereocenters. The van der Waals surface area contributed by atoms with Crippen LogP contribution in [0.2, 0.25) is 0 Å². The summed E-state index contributed by atoms with van der Waals surface area (Å²) < 4.78 is 5.11. The molecule has 0 saturated heterocycles. The fraction of sp³-hybridized carbons (Fsp3) is 0.857. The summed E-state index contributed by atoms with van der Waals surface area (Å²) in [6.07, 6.45) is 7.50. The fourth-order valence-electron chi connectivity index (χ4n) is 2.87. The van der Waals surface area contributed by atoms with Crippen molar-refractivity contribution in [1.29, 1.82) is 5.26 Å². The summed E-state index contributed by atoms with van der Waals surface area (Å²) in [6.45, 7) is 3.75. The minimum absolute atomic E-state index is 0.130. The number of carbonyl (C=O) groups excluding carboxylic acids is 1. The highest BCUT2D eigenvalue weighted by atomic mass is 16.6. The quantitative estimate of drug-likeness (QED) is 0.813. The zero-order valence-electron chi connectivity index (χ0n) is 11.5. The van der Waals surface area contributed by atoms with E-state index in [1.54, 1.807) is 0 Å². The van der Waals surface area contributed by atoms with Gasteiger partial charge in [0.25, 0.3) is 0 Å². The van der Waals surface area contributed by atoms with Gasteiger partial charge in [0, 0.05) is 6.42 Å². The Balaban J connectivity index is 2.57. The summed E-state index contributed by atoms with van der Waals surface area (Å²) in [5.41, 5.74) is 4.66. The number of nitrogens with two attached hydrogens (primary N) is 1. The van der Waals surface area contributed by atoms with Gasteiger partial charge in [-0.3, -0.25) is 0 Å². The third-order valence-electron chi connectivity index (χ3n) is 4.00. The highest BCUT2D eigenvalue weighted by Crippen LogP contribution is 2.44. The molecule has 0 aromatic rings. The van der Waals surface area contributed by atoms with Crippen molar-refractivity contribution >= 4 is 6.09 Å². The van der Waals surface area contributed by atoms with Gasteiger partial charge in [-0.25, -0.2) is 4.79 Å². The lowest BCUT2D eigenvalue weighted by Crippen LogP contribution is -2.34. The summed E-state index contributed by atoms with van der Waals surface area (Å²) >= 11 is 0. The molecule has 0 heterocycles. The van der Waals surface area contributed by atoms with Gasteiger partial charge in [-0.05, 0) is 44.9 Å². The normalized spacial score (nSPS) is 18.9. The van der Waals surface area contributed by atoms with Gasteiger partial charge in [-0.2, -0.15) is 5.26 Å². The number of hydrogen-bond donors (Lipinski definition) is 1. The highest BCUT2D eigenvalue weighted by Gasteiger charge is 2.34. The van der Waals surface area contributed by atoms with E-state index in [2.05, 4.69) is 6.07 Å². The average Bonchev–Trinajstić information content (AvgIpc) is 2.27. The number of carbonyl (C=O) groups is 1. The van der Waals surface area contributed by atoms with Gasteiger partial charge in [0.2, 0.25) is 0 Å². The van der Waals surface area contributed by atoms with Crippen molar-refractivity contribution in [3.05, 3.63) is 0 Å². The Morgan fingerprint density at radius 3 is 2.50 bits per heavy atom. The number of rotatable bonds is 5. The monoisotopic (exact) mass is 252 g/mol. The van der Waals surface area contributed by atoms with Crippen LogP contribution in [0.3, 0.4) is 0 Å². The predicted octanol–water partition coefficient (Wildman–Crippen LogP) is 3.50. The molecule has 4 nitrogen and oxygen atoms in total. The molecule has 0 aromatic heterocycles. The maximum Gasteiger partial charge on any atom is 0.405 e. The third-order valence-corrected chi connectivity index (χ3v) is 4.00. The SMILES string of the molecule is CC(C)(CCC1(CC#N)CCCCC1)OC(N)=O. The van der Waals surface area contributed by atoms with Crippen LogP contribution in [0.1, 0.15) is 65.2 Å². The zero-order chi connectivity index (χ0) is 13.6. The van der Waals surface area contributed by atoms with E-state index in [1.807, 2.05) is 13.8 Å². The average molecular weight is 252 g/mol. The van der Waals surface area contributed by atoms with Gasteiger partial charge in [-0.15, -0.1) is 0 Å². The van der Waals surface area contributed by atoms with Gasteiger partial charge >= 0.3 is 6.09 Å². The Hall–Kier alpha value is -1.24. The van der Waals surface area contributed by atoms with Crippen LogP contribution in [0, 0.1) is 16.7 Å². The number of ether oxygens (including phenoxy) is 1. The standard InChI is InChI=1S/C14H24N2O2/c1-13(2,18-12(16)17)8-9-14(10-11-15)6-4-3-5-7-14/h3-10H2,1-2H3,(H2,16,17). The van der Waals surface area contributed by atoms with Crippen molar-refractivity contribution in [3.63, 3.8) is 0 Å². The van der Waals surface area contributed by atoms with Crippen LogP contribution in [0.15, 0.2) is 0 Å². The second kappa shape index (κ2) is 6.08. The van der Waals surface area contributed by atoms with Crippen molar-refractivity contribution < 1.29 is 9.53 Å². The second-order valence-corrected chi connectivity index (χ2v) is 6.08. The van der Waals surface area contributed by atoms with Gasteiger partial charge in [-0.1, -0.05) is 19.3 Å². The molecule has 0 atom stereocenters. The van der Waals surface area contributed by atoms with Crippen LogP contribution < -0.4 is 5.73 Å². The maximum atomic E-state index is 10.8. The van der Waals surface area contributed by atoms with Gasteiger partial charge in [0.1, 0.15) is 5.60 Å². The Bertz CT molecular complexity index is 325. The van der Waals surface area contributed by atoms with Crippen molar-refractivity contribution in [2.75, 3.05) is 0 Å². The Labute approximate surface area is 109 Å². The summed E-state index contributed by atoms with van der Waals surface area (Å²) in [5, 5.41) is 9.00. The van der Waals surface area contributed by atoms with Gasteiger partial charge in [0.15, 0.2) is 0 Å². The minimum atomic E-state index is -0.724. The first-order valence-electron chi connectivity index (χ1n) is 6.75. The van der Waals surface area contributed by atoms with E-state index in [-0.39, 0.29) is 5.41 Å². The molecule has 18 heavy (non-hydrogen) atoms. The van der Waals surface area contributed by atoms with Crippen molar-refractivity contribution in [1.82, 2.24) is 0 Å². The second-order valence-electron chi connectivity index (χ2n) is 6.08. The van der Waals surface area contributed by atoms with Gasteiger partial charge in [0.05, 0.1) is 6.07 Å². The molecule has 2 N–H and O–H groups in total. The number of nitrogens with zero attached hydrogens (tertiary/aromatic N) is 1. The first kappa shape index (κ1) is 14.8. The van der Waals surface area contributed by atoms with E-state index in [0.29, 0.717) is 6.42 Å². The summed E-state index contributed by atoms with van der Waals surface area (Å²) in [5.74, 6) is 0. The smallest absolute Gasteiger partial charge is 0.405 e. The summed E-state index contributed by atoms with van der Waals surface area (Å²) in [7, 11) is 0. The molecule has 1 fully saturated rings. The zero-order valence-corrected chi connectivity index (χ0v) is 11.5. The predicted molar refractivity (Wildman–Crippen MR) is 69.7 cm³/mol. The Morgan fingerprint density at radius 1 is 1.39 bits per heavy atom. The molecule has 1 aliphatic carbocycles. The van der Waals surface area contributed by atoms with Crippen LogP contribution in [0.25, 0.3) is 0 Å². The van der Waals surface area contributed by atoms with Crippen molar-refractivity contribution in [3.8, 4) is 6.07 Å². The molecule has 102 valence electrons. The van der Waals surface area contributed by atoms with E-state index >= 15 is 0 Å². The van der Waals surface area contributed by atoms with Crippen molar-refractivity contribution in [2.45, 2.75) is 70.8 Å². The van der Waals surface area contributed by atoms with Crippen LogP contribution in [-0.2, 0) is 4.74 Å². The van der Waals surface area contributed by atoms with Crippen LogP contribution >= 0.6 is 0 Å². The summed E-state index contributed by atoms with van der Waals surface area (Å²) in [4.78, 5) is 10.8. The molecule has 1 saturated carbocycles. The first-order valence-corrected chi connectivity index (χ1v) is 6.75. The van der Waals surface area contributed by atoms with Crippen LogP contribution in [0.4, 0.5) is 4.79 Å². The minimum Gasteiger partial charge on any atom is -0.444 e. The number of nitriles is 1. The molecule has 0 bridgehead atoms. The van der Waals surface area contributed by atoms with E-state index in [0.717, 1.165) is 25.7 Å². The number of primary amides is 1. The number of hydrogen-bond acceptors (Lipinski definition) is 3. The molecule has 1 aliphatic rings. The van der Waals surface area contributed by atoms with Crippen molar-refractivity contribution in [2.24, 2.45) is 11.1 Å². The lowest BCUT2D eigenvalue weighted by atomic mass is 9.68. The lowest BCUT2D eigenvalue weighted by molar-refractivity contribution is 0.0224. The first-order chi connectivity index (χ1) is 8.39. The molecule has 0 aromatic carbocycles. The molecule has 0 aliphatic heterocycles.